The number of hydrogen-bond acceptors (Lipinski definition) is 3. The number of aliphatic hydroxyl groups is 1. The average Bonchev–Trinajstić information content (AvgIpc) is 2.66. The zero-order chi connectivity index (χ0) is 18.8. The Bertz CT molecular complexity index is 689. The van der Waals surface area contributed by atoms with Crippen LogP contribution >= 0.6 is 0 Å². The summed E-state index contributed by atoms with van der Waals surface area (Å²) in [5, 5.41) is 11.8. The van der Waals surface area contributed by atoms with Crippen molar-refractivity contribution < 1.29 is 14.7 Å². The summed E-state index contributed by atoms with van der Waals surface area (Å²) in [5.74, 6) is -0.347. The molecule has 0 aliphatic carbocycles. The highest BCUT2D eigenvalue weighted by atomic mass is 16.3. The number of carbonyl (C=O) groups is 2. The van der Waals surface area contributed by atoms with Crippen molar-refractivity contribution in [2.75, 3.05) is 13.2 Å². The third-order valence-electron chi connectivity index (χ3n) is 4.19. The fourth-order valence-corrected chi connectivity index (χ4v) is 2.81. The van der Waals surface area contributed by atoms with E-state index < -0.39 is 6.04 Å². The first-order valence-electron chi connectivity index (χ1n) is 8.85. The van der Waals surface area contributed by atoms with Gasteiger partial charge >= 0.3 is 0 Å². The van der Waals surface area contributed by atoms with Crippen LogP contribution in [0.5, 0.6) is 0 Å². The monoisotopic (exact) mass is 354 g/mol. The summed E-state index contributed by atoms with van der Waals surface area (Å²) in [6.07, 6.45) is 0.931. The Kier molecular flexibility index (Phi) is 7.83. The molecule has 0 radical (unpaired) electrons. The van der Waals surface area contributed by atoms with Crippen LogP contribution in [0.15, 0.2) is 60.7 Å². The summed E-state index contributed by atoms with van der Waals surface area (Å²) in [5.41, 5.74) is 1.97. The van der Waals surface area contributed by atoms with E-state index in [-0.39, 0.29) is 18.4 Å². The number of rotatable bonds is 9. The first kappa shape index (κ1) is 19.7. The van der Waals surface area contributed by atoms with Crippen LogP contribution in [0.1, 0.15) is 24.5 Å². The summed E-state index contributed by atoms with van der Waals surface area (Å²) in [6, 6.07) is 18.7. The van der Waals surface area contributed by atoms with Crippen molar-refractivity contribution in [3.63, 3.8) is 0 Å². The largest absolute Gasteiger partial charge is 0.396 e. The van der Waals surface area contributed by atoms with Gasteiger partial charge in [-0.3, -0.25) is 9.59 Å². The van der Waals surface area contributed by atoms with E-state index >= 15 is 0 Å². The van der Waals surface area contributed by atoms with Crippen molar-refractivity contribution in [2.45, 2.75) is 32.4 Å². The summed E-state index contributed by atoms with van der Waals surface area (Å²) in [6.45, 7) is 2.27. The highest BCUT2D eigenvalue weighted by molar-refractivity contribution is 5.87. The van der Waals surface area contributed by atoms with Crippen LogP contribution in [0.3, 0.4) is 0 Å². The van der Waals surface area contributed by atoms with Crippen LogP contribution in [-0.2, 0) is 22.6 Å². The first-order valence-corrected chi connectivity index (χ1v) is 8.85. The van der Waals surface area contributed by atoms with Gasteiger partial charge in [0.2, 0.25) is 11.8 Å². The Balaban J connectivity index is 2.22. The quantitative estimate of drug-likeness (QED) is 0.678. The Morgan fingerprint density at radius 1 is 1.00 bits per heavy atom. The molecular formula is C21H26N2O3. The lowest BCUT2D eigenvalue weighted by Gasteiger charge is -2.30. The summed E-state index contributed by atoms with van der Waals surface area (Å²) < 4.78 is 0. The van der Waals surface area contributed by atoms with Crippen molar-refractivity contribution in [2.24, 2.45) is 0 Å². The third-order valence-corrected chi connectivity index (χ3v) is 4.19. The molecule has 0 heterocycles. The van der Waals surface area contributed by atoms with Crippen molar-refractivity contribution in [1.82, 2.24) is 10.2 Å². The number of hydrogen-bond donors (Lipinski definition) is 2. The van der Waals surface area contributed by atoms with Crippen LogP contribution < -0.4 is 5.32 Å². The molecule has 2 N–H and O–H groups in total. The van der Waals surface area contributed by atoms with Gasteiger partial charge in [0.1, 0.15) is 6.04 Å². The second-order valence-electron chi connectivity index (χ2n) is 6.21. The van der Waals surface area contributed by atoms with Gasteiger partial charge in [0.15, 0.2) is 0 Å². The molecule has 1 atom stereocenters. The van der Waals surface area contributed by atoms with E-state index in [9.17, 15) is 9.59 Å². The molecule has 2 rings (SSSR count). The lowest BCUT2D eigenvalue weighted by atomic mass is 10.0. The number of nitrogens with one attached hydrogen (secondary N) is 1. The second-order valence-corrected chi connectivity index (χ2v) is 6.21. The van der Waals surface area contributed by atoms with Gasteiger partial charge in [-0.15, -0.1) is 0 Å². The highest BCUT2D eigenvalue weighted by Gasteiger charge is 2.28. The van der Waals surface area contributed by atoms with Crippen LogP contribution in [0, 0.1) is 0 Å². The standard InChI is InChI=1S/C21H26N2O3/c1-17(25)23(16-19-11-6-3-7-12-19)20(21(26)22-13-8-14-24)15-18-9-4-2-5-10-18/h2-7,9-12,20,24H,8,13-16H2,1H3,(H,22,26)/t20-/m0/s1. The molecule has 0 spiro atoms. The predicted octanol–water partition coefficient (Wildman–Crippen LogP) is 2.15. The smallest absolute Gasteiger partial charge is 0.243 e. The van der Waals surface area contributed by atoms with Gasteiger partial charge in [0.25, 0.3) is 0 Å². The zero-order valence-corrected chi connectivity index (χ0v) is 15.1. The minimum Gasteiger partial charge on any atom is -0.396 e. The number of aliphatic hydroxyl groups excluding tert-OH is 1. The van der Waals surface area contributed by atoms with Crippen LogP contribution in [-0.4, -0.2) is 41.0 Å². The molecule has 2 aromatic rings. The predicted molar refractivity (Wildman–Crippen MR) is 101 cm³/mol. The van der Waals surface area contributed by atoms with E-state index in [0.29, 0.717) is 25.9 Å². The maximum Gasteiger partial charge on any atom is 0.243 e. The maximum absolute atomic E-state index is 12.8. The Morgan fingerprint density at radius 2 is 1.58 bits per heavy atom. The van der Waals surface area contributed by atoms with Crippen LogP contribution in [0.4, 0.5) is 0 Å². The fourth-order valence-electron chi connectivity index (χ4n) is 2.81. The molecule has 5 heteroatoms. The van der Waals surface area contributed by atoms with Gasteiger partial charge in [-0.1, -0.05) is 60.7 Å². The van der Waals surface area contributed by atoms with E-state index in [1.807, 2.05) is 60.7 Å². The third kappa shape index (κ3) is 6.01. The molecule has 2 aromatic carbocycles. The number of nitrogens with zero attached hydrogens (tertiary/aromatic N) is 1. The SMILES string of the molecule is CC(=O)N(Cc1ccccc1)[C@@H](Cc1ccccc1)C(=O)NCCCO. The van der Waals surface area contributed by atoms with E-state index in [4.69, 9.17) is 5.11 Å². The molecule has 0 aromatic heterocycles. The molecule has 0 aliphatic rings. The van der Waals surface area contributed by atoms with Gasteiger partial charge in [0, 0.05) is 33.0 Å². The zero-order valence-electron chi connectivity index (χ0n) is 15.1. The molecular weight excluding hydrogens is 328 g/mol. The molecule has 0 unspecified atom stereocenters. The Labute approximate surface area is 154 Å². The van der Waals surface area contributed by atoms with E-state index in [1.54, 1.807) is 4.90 Å². The molecule has 0 aliphatic heterocycles. The normalized spacial score (nSPS) is 11.6. The Hall–Kier alpha value is -2.66. The molecule has 26 heavy (non-hydrogen) atoms. The molecule has 5 nitrogen and oxygen atoms in total. The molecule has 0 fully saturated rings. The van der Waals surface area contributed by atoms with Gasteiger partial charge in [-0.05, 0) is 17.5 Å². The van der Waals surface area contributed by atoms with Gasteiger partial charge in [-0.25, -0.2) is 0 Å². The van der Waals surface area contributed by atoms with Gasteiger partial charge in [0.05, 0.1) is 0 Å². The Morgan fingerprint density at radius 3 is 2.12 bits per heavy atom. The van der Waals surface area contributed by atoms with E-state index in [0.717, 1.165) is 11.1 Å². The van der Waals surface area contributed by atoms with Crippen LogP contribution in [0.2, 0.25) is 0 Å². The summed E-state index contributed by atoms with van der Waals surface area (Å²) in [7, 11) is 0. The number of amides is 2. The number of carbonyl (C=O) groups excluding carboxylic acids is 2. The average molecular weight is 354 g/mol. The lowest BCUT2D eigenvalue weighted by molar-refractivity contribution is -0.139. The molecule has 0 bridgehead atoms. The lowest BCUT2D eigenvalue weighted by Crippen LogP contribution is -2.50. The fraction of sp³-hybridized carbons (Fsp3) is 0.333. The van der Waals surface area contributed by atoms with Crippen molar-refractivity contribution in [3.8, 4) is 0 Å². The summed E-state index contributed by atoms with van der Waals surface area (Å²) in [4.78, 5) is 26.7. The first-order chi connectivity index (χ1) is 12.6. The molecule has 0 saturated heterocycles. The van der Waals surface area contributed by atoms with Crippen molar-refractivity contribution in [1.29, 1.82) is 0 Å². The molecule has 0 saturated carbocycles. The molecule has 2 amide bonds. The highest BCUT2D eigenvalue weighted by Crippen LogP contribution is 2.14. The van der Waals surface area contributed by atoms with Gasteiger partial charge < -0.3 is 15.3 Å². The minimum absolute atomic E-state index is 0.0179. The number of benzene rings is 2. The van der Waals surface area contributed by atoms with E-state index in [1.165, 1.54) is 6.92 Å². The second kappa shape index (κ2) is 10.4. The topological polar surface area (TPSA) is 69.6 Å². The summed E-state index contributed by atoms with van der Waals surface area (Å²) >= 11 is 0. The molecule has 138 valence electrons. The van der Waals surface area contributed by atoms with Crippen molar-refractivity contribution in [3.05, 3.63) is 71.8 Å². The van der Waals surface area contributed by atoms with Crippen LogP contribution in [0.25, 0.3) is 0 Å². The van der Waals surface area contributed by atoms with Crippen molar-refractivity contribution >= 4 is 11.8 Å². The maximum atomic E-state index is 12.8. The van der Waals surface area contributed by atoms with Gasteiger partial charge in [-0.2, -0.15) is 0 Å². The minimum atomic E-state index is -0.603. The van der Waals surface area contributed by atoms with E-state index in [2.05, 4.69) is 5.32 Å².